The molecule has 1 atom stereocenters. The number of nitrogens with zero attached hydrogens (tertiary/aromatic N) is 1. The summed E-state index contributed by atoms with van der Waals surface area (Å²) in [6.07, 6.45) is 1.70. The van der Waals surface area contributed by atoms with Gasteiger partial charge in [0.15, 0.2) is 15.0 Å². The number of rotatable bonds is 1. The first-order valence-electron chi connectivity index (χ1n) is 6.01. The molecule has 2 rings (SSSR count). The average molecular weight is 276 g/mol. The number of nitrogens with one attached hydrogen (secondary N) is 1. The van der Waals surface area contributed by atoms with E-state index >= 15 is 0 Å². The molecule has 0 radical (unpaired) electrons. The Kier molecular flexibility index (Phi) is 3.73. The third-order valence-corrected chi connectivity index (χ3v) is 6.31. The molecule has 1 saturated heterocycles. The molecule has 0 aromatic carbocycles. The molecule has 0 bridgehead atoms. The van der Waals surface area contributed by atoms with Gasteiger partial charge in [-0.15, -0.1) is 0 Å². The van der Waals surface area contributed by atoms with Gasteiger partial charge in [-0.05, 0) is 18.3 Å². The summed E-state index contributed by atoms with van der Waals surface area (Å²) >= 11 is 1.71. The van der Waals surface area contributed by atoms with Crippen molar-refractivity contribution >= 4 is 26.8 Å². The van der Waals surface area contributed by atoms with Crippen molar-refractivity contribution < 1.29 is 8.42 Å². The van der Waals surface area contributed by atoms with Crippen molar-refractivity contribution in [1.82, 2.24) is 5.32 Å². The van der Waals surface area contributed by atoms with E-state index in [1.165, 1.54) is 0 Å². The van der Waals surface area contributed by atoms with Gasteiger partial charge in [0.2, 0.25) is 0 Å². The third kappa shape index (κ3) is 3.88. The molecular formula is C11H20N2O2S2. The van der Waals surface area contributed by atoms with E-state index in [0.29, 0.717) is 5.75 Å². The summed E-state index contributed by atoms with van der Waals surface area (Å²) < 4.78 is 23.0. The zero-order valence-corrected chi connectivity index (χ0v) is 12.0. The standard InChI is InChI=1S/C11H20N2O2S2/c1-11(2)7-12-10(16-8-11)13-9-4-3-5-17(14,15)6-9/h9H,3-8H2,1-2H3,(H,12,13). The van der Waals surface area contributed by atoms with Crippen molar-refractivity contribution in [2.75, 3.05) is 23.8 Å². The highest BCUT2D eigenvalue weighted by molar-refractivity contribution is 8.13. The Morgan fingerprint density at radius 2 is 2.24 bits per heavy atom. The average Bonchev–Trinajstić information content (AvgIpc) is 2.20. The molecule has 0 aromatic heterocycles. The van der Waals surface area contributed by atoms with E-state index in [9.17, 15) is 8.42 Å². The molecule has 0 amide bonds. The van der Waals surface area contributed by atoms with Gasteiger partial charge >= 0.3 is 0 Å². The summed E-state index contributed by atoms with van der Waals surface area (Å²) in [4.78, 5) is 4.50. The molecule has 2 aliphatic heterocycles. The van der Waals surface area contributed by atoms with Crippen molar-refractivity contribution in [1.29, 1.82) is 0 Å². The van der Waals surface area contributed by atoms with Gasteiger partial charge in [0.1, 0.15) is 0 Å². The lowest BCUT2D eigenvalue weighted by Gasteiger charge is -2.30. The Morgan fingerprint density at radius 1 is 1.47 bits per heavy atom. The summed E-state index contributed by atoms with van der Waals surface area (Å²) in [6.45, 7) is 5.22. The second-order valence-electron chi connectivity index (χ2n) is 5.67. The van der Waals surface area contributed by atoms with Gasteiger partial charge in [-0.25, -0.2) is 8.42 Å². The van der Waals surface area contributed by atoms with Gasteiger partial charge in [0.25, 0.3) is 0 Å². The van der Waals surface area contributed by atoms with Crippen LogP contribution < -0.4 is 5.32 Å². The first-order chi connectivity index (χ1) is 7.86. The van der Waals surface area contributed by atoms with Crippen LogP contribution in [0, 0.1) is 5.41 Å². The topological polar surface area (TPSA) is 58.5 Å². The highest BCUT2D eigenvalue weighted by Gasteiger charge is 2.28. The van der Waals surface area contributed by atoms with Crippen molar-refractivity contribution in [3.63, 3.8) is 0 Å². The maximum atomic E-state index is 11.5. The maximum Gasteiger partial charge on any atom is 0.156 e. The number of hydrogen-bond acceptors (Lipinski definition) is 5. The first kappa shape index (κ1) is 13.2. The number of hydrogen-bond donors (Lipinski definition) is 1. The molecule has 6 heteroatoms. The Labute approximate surface area is 108 Å². The normalized spacial score (nSPS) is 31.6. The van der Waals surface area contributed by atoms with Crippen LogP contribution in [-0.2, 0) is 9.84 Å². The fraction of sp³-hybridized carbons (Fsp3) is 0.909. The minimum atomic E-state index is -2.83. The molecular weight excluding hydrogens is 256 g/mol. The predicted molar refractivity (Wildman–Crippen MR) is 73.4 cm³/mol. The summed E-state index contributed by atoms with van der Waals surface area (Å²) in [5.74, 6) is 1.64. The maximum absolute atomic E-state index is 11.5. The smallest absolute Gasteiger partial charge is 0.156 e. The summed E-state index contributed by atoms with van der Waals surface area (Å²) in [7, 11) is -2.83. The zero-order valence-electron chi connectivity index (χ0n) is 10.4. The van der Waals surface area contributed by atoms with Crippen LogP contribution >= 0.6 is 11.8 Å². The summed E-state index contributed by atoms with van der Waals surface area (Å²) in [5.41, 5.74) is 0.258. The Bertz CT molecular complexity index is 415. The van der Waals surface area contributed by atoms with Crippen LogP contribution in [0.4, 0.5) is 0 Å². The Hall–Kier alpha value is -0.230. The van der Waals surface area contributed by atoms with Crippen LogP contribution in [0.5, 0.6) is 0 Å². The SMILES string of the molecule is CC1(C)CN=C(NC2CCCS(=O)(=O)C2)SC1. The highest BCUT2D eigenvalue weighted by atomic mass is 32.2. The van der Waals surface area contributed by atoms with E-state index in [4.69, 9.17) is 0 Å². The lowest BCUT2D eigenvalue weighted by Crippen LogP contribution is -2.44. The van der Waals surface area contributed by atoms with Crippen LogP contribution in [-0.4, -0.2) is 43.4 Å². The quantitative estimate of drug-likeness (QED) is 0.784. The van der Waals surface area contributed by atoms with E-state index in [-0.39, 0.29) is 17.2 Å². The third-order valence-electron chi connectivity index (χ3n) is 3.04. The summed E-state index contributed by atoms with van der Waals surface area (Å²) in [6, 6.07) is 0.0567. The fourth-order valence-electron chi connectivity index (χ4n) is 2.04. The van der Waals surface area contributed by atoms with E-state index in [2.05, 4.69) is 24.2 Å². The number of sulfone groups is 1. The van der Waals surface area contributed by atoms with Gasteiger partial charge in [-0.1, -0.05) is 25.6 Å². The van der Waals surface area contributed by atoms with E-state index < -0.39 is 9.84 Å². The monoisotopic (exact) mass is 276 g/mol. The molecule has 0 saturated carbocycles. The van der Waals surface area contributed by atoms with Gasteiger partial charge in [-0.3, -0.25) is 4.99 Å². The predicted octanol–water partition coefficient (Wildman–Crippen LogP) is 1.28. The second-order valence-corrected chi connectivity index (χ2v) is 8.86. The molecule has 1 unspecified atom stereocenters. The first-order valence-corrected chi connectivity index (χ1v) is 8.81. The van der Waals surface area contributed by atoms with Crippen molar-refractivity contribution in [2.24, 2.45) is 10.4 Å². The van der Waals surface area contributed by atoms with Crippen LogP contribution in [0.25, 0.3) is 0 Å². The number of aliphatic imine (C=N–C) groups is 1. The number of amidine groups is 1. The van der Waals surface area contributed by atoms with Gasteiger partial charge in [0.05, 0.1) is 11.5 Å². The van der Waals surface area contributed by atoms with E-state index in [1.807, 2.05) is 0 Å². The zero-order chi connectivity index (χ0) is 12.5. The molecule has 1 fully saturated rings. The Balaban J connectivity index is 1.92. The van der Waals surface area contributed by atoms with E-state index in [0.717, 1.165) is 30.3 Å². The van der Waals surface area contributed by atoms with Gasteiger partial charge < -0.3 is 5.32 Å². The molecule has 17 heavy (non-hydrogen) atoms. The molecule has 2 aliphatic rings. The minimum absolute atomic E-state index is 0.0567. The van der Waals surface area contributed by atoms with Crippen molar-refractivity contribution in [2.45, 2.75) is 32.7 Å². The van der Waals surface area contributed by atoms with Gasteiger partial charge in [0, 0.05) is 18.3 Å². The molecule has 0 spiro atoms. The van der Waals surface area contributed by atoms with Gasteiger partial charge in [-0.2, -0.15) is 0 Å². The molecule has 0 aliphatic carbocycles. The van der Waals surface area contributed by atoms with Crippen molar-refractivity contribution in [3.8, 4) is 0 Å². The highest BCUT2D eigenvalue weighted by Crippen LogP contribution is 2.27. The molecule has 0 aromatic rings. The minimum Gasteiger partial charge on any atom is -0.361 e. The lowest BCUT2D eigenvalue weighted by molar-refractivity contribution is 0.435. The molecule has 1 N–H and O–H groups in total. The number of thioether (sulfide) groups is 1. The van der Waals surface area contributed by atoms with Crippen LogP contribution in [0.3, 0.4) is 0 Å². The van der Waals surface area contributed by atoms with E-state index in [1.54, 1.807) is 11.8 Å². The molecule has 98 valence electrons. The van der Waals surface area contributed by atoms with Crippen LogP contribution in [0.15, 0.2) is 4.99 Å². The summed E-state index contributed by atoms with van der Waals surface area (Å²) in [5, 5.41) is 4.21. The van der Waals surface area contributed by atoms with Crippen molar-refractivity contribution in [3.05, 3.63) is 0 Å². The largest absolute Gasteiger partial charge is 0.361 e. The second kappa shape index (κ2) is 4.80. The van der Waals surface area contributed by atoms with Crippen LogP contribution in [0.1, 0.15) is 26.7 Å². The molecule has 4 nitrogen and oxygen atoms in total. The molecule has 2 heterocycles. The fourth-order valence-corrected chi connectivity index (χ4v) is 4.70. The Morgan fingerprint density at radius 3 is 2.82 bits per heavy atom. The lowest BCUT2D eigenvalue weighted by atomic mass is 9.97. The van der Waals surface area contributed by atoms with Crippen LogP contribution in [0.2, 0.25) is 0 Å².